The molecule has 4 rings (SSSR count). The molecule has 0 unspecified atom stereocenters. The number of rotatable bonds is 2. The number of carbonyl (C=O) groups excluding carboxylic acids is 2. The normalized spacial score (nSPS) is 29.8. The van der Waals surface area contributed by atoms with Gasteiger partial charge in [0, 0.05) is 38.6 Å². The zero-order valence-corrected chi connectivity index (χ0v) is 19.8. The largest absolute Gasteiger partial charge is 0.493 e. The Morgan fingerprint density at radius 1 is 1.12 bits per heavy atom. The lowest BCUT2D eigenvalue weighted by molar-refractivity contribution is -0.129. The van der Waals surface area contributed by atoms with E-state index in [2.05, 4.69) is 10.0 Å². The first-order valence-electron chi connectivity index (χ1n) is 11.3. The van der Waals surface area contributed by atoms with Crippen molar-refractivity contribution in [3.63, 3.8) is 0 Å². The number of sulfonamides is 1. The lowest BCUT2D eigenvalue weighted by Gasteiger charge is -2.40. The summed E-state index contributed by atoms with van der Waals surface area (Å²) in [5.41, 5.74) is 0.441. The first-order chi connectivity index (χ1) is 15.7. The molecule has 2 bridgehead atoms. The quantitative estimate of drug-likeness (QED) is 0.602. The molecule has 3 heterocycles. The van der Waals surface area contributed by atoms with Crippen molar-refractivity contribution in [3.05, 3.63) is 29.8 Å². The molecular weight excluding hydrogens is 448 g/mol. The van der Waals surface area contributed by atoms with Gasteiger partial charge in [-0.3, -0.25) is 9.59 Å². The number of hydrogen-bond acceptors (Lipinski definition) is 7. The highest BCUT2D eigenvalue weighted by atomic mass is 32.2. The van der Waals surface area contributed by atoms with Crippen LogP contribution in [0, 0.1) is 0 Å². The van der Waals surface area contributed by atoms with Crippen LogP contribution in [0.1, 0.15) is 29.6 Å². The second-order valence-electron chi connectivity index (χ2n) is 9.03. The van der Waals surface area contributed by atoms with Crippen molar-refractivity contribution in [2.75, 3.05) is 46.1 Å². The van der Waals surface area contributed by atoms with Crippen molar-refractivity contribution in [3.8, 4) is 5.75 Å². The smallest absolute Gasteiger partial charge is 0.258 e. The first-order valence-corrected chi connectivity index (χ1v) is 13.2. The fourth-order valence-electron chi connectivity index (χ4n) is 4.70. The van der Waals surface area contributed by atoms with Gasteiger partial charge in [0.15, 0.2) is 0 Å². The predicted molar refractivity (Wildman–Crippen MR) is 122 cm³/mol. The summed E-state index contributed by atoms with van der Waals surface area (Å²) in [7, 11) is -1.51. The number of nitrogens with zero attached hydrogens (tertiary/aromatic N) is 2. The molecule has 0 aromatic heterocycles. The second-order valence-corrected chi connectivity index (χ2v) is 10.8. The summed E-state index contributed by atoms with van der Waals surface area (Å²) in [6, 6.07) is 5.99. The molecular formula is C22H32N4O6S. The van der Waals surface area contributed by atoms with Crippen LogP contribution in [0.15, 0.2) is 24.3 Å². The third kappa shape index (κ3) is 5.84. The van der Waals surface area contributed by atoms with Gasteiger partial charge in [0.25, 0.3) is 5.91 Å². The zero-order valence-electron chi connectivity index (χ0n) is 19.0. The molecule has 2 fully saturated rings. The van der Waals surface area contributed by atoms with Crippen molar-refractivity contribution in [1.29, 1.82) is 0 Å². The van der Waals surface area contributed by atoms with E-state index in [4.69, 9.17) is 9.47 Å². The molecule has 2 N–H and O–H groups in total. The number of piperazine rings is 1. The van der Waals surface area contributed by atoms with Crippen LogP contribution in [0.5, 0.6) is 5.75 Å². The van der Waals surface area contributed by atoms with E-state index in [1.54, 1.807) is 23.1 Å². The molecule has 3 aliphatic heterocycles. The topological polar surface area (TPSA) is 117 Å². The minimum Gasteiger partial charge on any atom is -0.493 e. The predicted octanol–water partition coefficient (Wildman–Crippen LogP) is -0.193. The van der Waals surface area contributed by atoms with Gasteiger partial charge >= 0.3 is 0 Å². The lowest BCUT2D eigenvalue weighted by atomic mass is 9.97. The highest BCUT2D eigenvalue weighted by molar-refractivity contribution is 7.88. The average Bonchev–Trinajstić information content (AvgIpc) is 2.77. The summed E-state index contributed by atoms with van der Waals surface area (Å²) in [6.07, 6.45) is 2.34. The second kappa shape index (κ2) is 9.96. The summed E-state index contributed by atoms with van der Waals surface area (Å²) < 4.78 is 38.5. The highest BCUT2D eigenvalue weighted by Crippen LogP contribution is 2.26. The van der Waals surface area contributed by atoms with Crippen molar-refractivity contribution in [1.82, 2.24) is 19.8 Å². The van der Waals surface area contributed by atoms with Crippen LogP contribution in [0.3, 0.4) is 0 Å². The molecule has 182 valence electrons. The van der Waals surface area contributed by atoms with Gasteiger partial charge in [0.2, 0.25) is 15.9 Å². The maximum Gasteiger partial charge on any atom is 0.258 e. The Bertz CT molecular complexity index is 987. The van der Waals surface area contributed by atoms with Gasteiger partial charge in [0.1, 0.15) is 11.8 Å². The number of amides is 2. The minimum atomic E-state index is -3.43. The van der Waals surface area contributed by atoms with E-state index in [1.807, 2.05) is 18.0 Å². The molecule has 2 amide bonds. The number of ether oxygens (including phenoxy) is 2. The fraction of sp³-hybridized carbons (Fsp3) is 0.636. The van der Waals surface area contributed by atoms with E-state index in [1.165, 1.54) is 0 Å². The number of para-hydroxylation sites is 1. The minimum absolute atomic E-state index is 0.132. The van der Waals surface area contributed by atoms with Crippen molar-refractivity contribution in [2.24, 2.45) is 0 Å². The maximum atomic E-state index is 13.4. The van der Waals surface area contributed by atoms with E-state index in [0.29, 0.717) is 56.8 Å². The monoisotopic (exact) mass is 480 g/mol. The van der Waals surface area contributed by atoms with Gasteiger partial charge in [-0.05, 0) is 32.0 Å². The Kier molecular flexibility index (Phi) is 7.22. The van der Waals surface area contributed by atoms with Crippen LogP contribution in [0.25, 0.3) is 0 Å². The SMILES string of the molecule is CN1CCN2C(=O)c3ccccc3OCC[C@@H]3CC[C@@H](NS(C)(=O)=O)[C@@H](CNC(=O)[C@@H]2C1)O3. The lowest BCUT2D eigenvalue weighted by Crippen LogP contribution is -2.61. The van der Waals surface area contributed by atoms with Crippen LogP contribution >= 0.6 is 0 Å². The number of carbonyl (C=O) groups is 2. The third-order valence-corrected chi connectivity index (χ3v) is 7.15. The Balaban J connectivity index is 1.62. The molecule has 10 nitrogen and oxygen atoms in total. The van der Waals surface area contributed by atoms with Crippen molar-refractivity contribution >= 4 is 21.8 Å². The molecule has 0 saturated carbocycles. The maximum absolute atomic E-state index is 13.4. The number of hydrogen-bond donors (Lipinski definition) is 2. The molecule has 1 aromatic rings. The van der Waals surface area contributed by atoms with Crippen LogP contribution < -0.4 is 14.8 Å². The molecule has 33 heavy (non-hydrogen) atoms. The molecule has 11 heteroatoms. The standard InChI is InChI=1S/C22H32N4O6S/c1-25-10-11-26-18(14-25)21(27)23-13-20-17(24-33(2,29)30)8-7-15(32-20)9-12-31-19-6-4-3-5-16(19)22(26)28/h3-6,15,17-18,20,24H,7-14H2,1-2H3,(H,23,27)/t15-,17+,18-,20+/m0/s1. The summed E-state index contributed by atoms with van der Waals surface area (Å²) in [6.45, 7) is 2.00. The number of fused-ring (bicyclic) bond motifs is 4. The van der Waals surface area contributed by atoms with E-state index in [9.17, 15) is 18.0 Å². The van der Waals surface area contributed by atoms with Gasteiger partial charge in [-0.25, -0.2) is 13.1 Å². The molecule has 2 saturated heterocycles. The van der Waals surface area contributed by atoms with Crippen LogP contribution in [0.2, 0.25) is 0 Å². The molecule has 3 aliphatic rings. The van der Waals surface area contributed by atoms with Crippen LogP contribution in [0.4, 0.5) is 0 Å². The van der Waals surface area contributed by atoms with E-state index >= 15 is 0 Å². The molecule has 0 radical (unpaired) electrons. The van der Waals surface area contributed by atoms with E-state index < -0.39 is 28.2 Å². The van der Waals surface area contributed by atoms with Crippen molar-refractivity contribution < 1.29 is 27.5 Å². The Morgan fingerprint density at radius 3 is 2.70 bits per heavy atom. The van der Waals surface area contributed by atoms with Gasteiger partial charge in [-0.15, -0.1) is 0 Å². The molecule has 1 aromatic carbocycles. The van der Waals surface area contributed by atoms with E-state index in [-0.39, 0.29) is 24.5 Å². The Labute approximate surface area is 194 Å². The van der Waals surface area contributed by atoms with Gasteiger partial charge in [-0.2, -0.15) is 0 Å². The molecule has 0 aliphatic carbocycles. The third-order valence-electron chi connectivity index (χ3n) is 6.42. The fourth-order valence-corrected chi connectivity index (χ4v) is 5.52. The summed E-state index contributed by atoms with van der Waals surface area (Å²) in [5.74, 6) is -0.0280. The first kappa shape index (κ1) is 23.9. The average molecular weight is 481 g/mol. The number of likely N-dealkylation sites (N-methyl/N-ethyl adjacent to an activating group) is 1. The molecule has 0 spiro atoms. The summed E-state index contributed by atoms with van der Waals surface area (Å²) >= 11 is 0. The Morgan fingerprint density at radius 2 is 1.91 bits per heavy atom. The van der Waals surface area contributed by atoms with Crippen LogP contribution in [-0.4, -0.2) is 100 Å². The van der Waals surface area contributed by atoms with Gasteiger partial charge in [-0.1, -0.05) is 12.1 Å². The number of nitrogens with one attached hydrogen (secondary N) is 2. The summed E-state index contributed by atoms with van der Waals surface area (Å²) in [5, 5.41) is 2.92. The van der Waals surface area contributed by atoms with Gasteiger partial charge in [0.05, 0.1) is 30.6 Å². The number of benzene rings is 1. The highest BCUT2D eigenvalue weighted by Gasteiger charge is 2.38. The van der Waals surface area contributed by atoms with E-state index in [0.717, 1.165) is 6.26 Å². The molecule has 4 atom stereocenters. The van der Waals surface area contributed by atoms with Crippen molar-refractivity contribution in [2.45, 2.75) is 43.6 Å². The van der Waals surface area contributed by atoms with Crippen LogP contribution in [-0.2, 0) is 19.6 Å². The van der Waals surface area contributed by atoms with Gasteiger partial charge < -0.3 is 24.6 Å². The zero-order chi connectivity index (χ0) is 23.6. The summed E-state index contributed by atoms with van der Waals surface area (Å²) in [4.78, 5) is 30.3. The Hall–Kier alpha value is -2.21.